The van der Waals surface area contributed by atoms with Crippen LogP contribution >= 0.6 is 0 Å². The Balaban J connectivity index is 1.80. The van der Waals surface area contributed by atoms with E-state index in [1.54, 1.807) is 7.11 Å². The van der Waals surface area contributed by atoms with Gasteiger partial charge in [0.2, 0.25) is 0 Å². The van der Waals surface area contributed by atoms with E-state index in [2.05, 4.69) is 5.32 Å². The van der Waals surface area contributed by atoms with E-state index in [9.17, 15) is 9.59 Å². The van der Waals surface area contributed by atoms with Gasteiger partial charge in [0.1, 0.15) is 11.5 Å². The Labute approximate surface area is 159 Å². The number of rotatable bonds is 8. The average Bonchev–Trinajstić information content (AvgIpc) is 2.65. The molecule has 0 aromatic heterocycles. The van der Waals surface area contributed by atoms with Crippen LogP contribution in [0.2, 0.25) is 0 Å². The molecule has 0 radical (unpaired) electrons. The number of amides is 1. The number of nitrogens with one attached hydrogen (secondary N) is 1. The van der Waals surface area contributed by atoms with Crippen LogP contribution in [0.3, 0.4) is 0 Å². The lowest BCUT2D eigenvalue weighted by atomic mass is 10.1. The van der Waals surface area contributed by atoms with Crippen LogP contribution < -0.4 is 14.8 Å². The van der Waals surface area contributed by atoms with Crippen LogP contribution in [0, 0.1) is 13.8 Å². The molecule has 6 heteroatoms. The van der Waals surface area contributed by atoms with E-state index >= 15 is 0 Å². The summed E-state index contributed by atoms with van der Waals surface area (Å²) in [6, 6.07) is 12.9. The second-order valence-electron chi connectivity index (χ2n) is 6.20. The molecule has 0 spiro atoms. The predicted molar refractivity (Wildman–Crippen MR) is 102 cm³/mol. The van der Waals surface area contributed by atoms with Crippen LogP contribution in [0.4, 0.5) is 0 Å². The molecular formula is C21H25NO5. The van der Waals surface area contributed by atoms with E-state index in [1.165, 1.54) is 0 Å². The molecule has 0 aliphatic rings. The van der Waals surface area contributed by atoms with Gasteiger partial charge in [-0.1, -0.05) is 36.4 Å². The average molecular weight is 371 g/mol. The second-order valence-corrected chi connectivity index (χ2v) is 6.20. The van der Waals surface area contributed by atoms with Crippen molar-refractivity contribution in [1.82, 2.24) is 5.32 Å². The molecule has 1 N–H and O–H groups in total. The molecule has 1 unspecified atom stereocenters. The Hall–Kier alpha value is -3.02. The number of ether oxygens (including phenoxy) is 3. The maximum atomic E-state index is 12.0. The molecule has 2 aromatic carbocycles. The Kier molecular flexibility index (Phi) is 7.23. The first-order valence-electron chi connectivity index (χ1n) is 8.69. The van der Waals surface area contributed by atoms with E-state index in [1.807, 2.05) is 63.2 Å². The van der Waals surface area contributed by atoms with Gasteiger partial charge in [-0.05, 0) is 38.0 Å². The first-order chi connectivity index (χ1) is 12.9. The Morgan fingerprint density at radius 3 is 2.33 bits per heavy atom. The topological polar surface area (TPSA) is 73.9 Å². The van der Waals surface area contributed by atoms with E-state index < -0.39 is 11.9 Å². The minimum Gasteiger partial charge on any atom is -0.496 e. The third kappa shape index (κ3) is 5.74. The third-order valence-electron chi connectivity index (χ3n) is 4.09. The maximum Gasteiger partial charge on any atom is 0.344 e. The third-order valence-corrected chi connectivity index (χ3v) is 4.09. The summed E-state index contributed by atoms with van der Waals surface area (Å²) in [5, 5.41) is 2.78. The Morgan fingerprint density at radius 2 is 1.67 bits per heavy atom. The highest BCUT2D eigenvalue weighted by molar-refractivity contribution is 5.81. The number of hydrogen-bond donors (Lipinski definition) is 1. The number of methoxy groups -OCH3 is 1. The van der Waals surface area contributed by atoms with Crippen molar-refractivity contribution in [2.45, 2.75) is 26.8 Å². The molecule has 2 rings (SSSR count). The van der Waals surface area contributed by atoms with Gasteiger partial charge in [0.15, 0.2) is 13.2 Å². The smallest absolute Gasteiger partial charge is 0.344 e. The largest absolute Gasteiger partial charge is 0.496 e. The second kappa shape index (κ2) is 9.62. The van der Waals surface area contributed by atoms with E-state index in [4.69, 9.17) is 14.2 Å². The van der Waals surface area contributed by atoms with Gasteiger partial charge in [-0.15, -0.1) is 0 Å². The molecule has 0 heterocycles. The van der Waals surface area contributed by atoms with Gasteiger partial charge in [-0.25, -0.2) is 4.79 Å². The normalized spacial score (nSPS) is 11.4. The summed E-state index contributed by atoms with van der Waals surface area (Å²) in [5.41, 5.74) is 2.72. The first kappa shape index (κ1) is 20.3. The van der Waals surface area contributed by atoms with Crippen molar-refractivity contribution in [2.75, 3.05) is 20.3 Å². The van der Waals surface area contributed by atoms with E-state index in [0.29, 0.717) is 11.5 Å². The van der Waals surface area contributed by atoms with Crippen molar-refractivity contribution in [3.8, 4) is 11.5 Å². The molecule has 6 nitrogen and oxygen atoms in total. The summed E-state index contributed by atoms with van der Waals surface area (Å²) < 4.78 is 15.8. The molecule has 0 fully saturated rings. The summed E-state index contributed by atoms with van der Waals surface area (Å²) in [6.07, 6.45) is 0. The van der Waals surface area contributed by atoms with Gasteiger partial charge in [0.05, 0.1) is 13.2 Å². The van der Waals surface area contributed by atoms with Gasteiger partial charge in [0.25, 0.3) is 5.91 Å². The number of carbonyl (C=O) groups is 2. The zero-order valence-corrected chi connectivity index (χ0v) is 16.1. The number of aryl methyl sites for hydroxylation is 2. The Bertz CT molecular complexity index is 783. The van der Waals surface area contributed by atoms with Crippen LogP contribution in [0.1, 0.15) is 29.7 Å². The van der Waals surface area contributed by atoms with Crippen molar-refractivity contribution in [2.24, 2.45) is 0 Å². The predicted octanol–water partition coefficient (Wildman–Crippen LogP) is 3.11. The molecule has 144 valence electrons. The highest BCUT2D eigenvalue weighted by Crippen LogP contribution is 2.24. The SMILES string of the molecule is COc1ccccc1C(C)NC(=O)COC(=O)COc1c(C)cccc1C. The molecule has 1 atom stereocenters. The van der Waals surface area contributed by atoms with Crippen molar-refractivity contribution in [3.05, 3.63) is 59.2 Å². The summed E-state index contributed by atoms with van der Waals surface area (Å²) in [6.45, 7) is 5.03. The molecule has 0 saturated carbocycles. The molecule has 27 heavy (non-hydrogen) atoms. The molecule has 0 saturated heterocycles. The highest BCUT2D eigenvalue weighted by atomic mass is 16.6. The fourth-order valence-electron chi connectivity index (χ4n) is 2.73. The standard InChI is InChI=1S/C21H25NO5/c1-14-8-7-9-15(2)21(14)27-13-20(24)26-12-19(23)22-16(3)17-10-5-6-11-18(17)25-4/h5-11,16H,12-13H2,1-4H3,(H,22,23). The summed E-state index contributed by atoms with van der Waals surface area (Å²) in [4.78, 5) is 23.9. The number of esters is 1. The molecular weight excluding hydrogens is 346 g/mol. The number of para-hydroxylation sites is 2. The van der Waals surface area contributed by atoms with Gasteiger partial charge >= 0.3 is 5.97 Å². The summed E-state index contributed by atoms with van der Waals surface area (Å²) in [7, 11) is 1.57. The van der Waals surface area contributed by atoms with Crippen LogP contribution in [-0.2, 0) is 14.3 Å². The minimum atomic E-state index is -0.599. The minimum absolute atomic E-state index is 0.249. The molecule has 0 aliphatic carbocycles. The zero-order chi connectivity index (χ0) is 19.8. The number of benzene rings is 2. The van der Waals surface area contributed by atoms with Gasteiger partial charge < -0.3 is 19.5 Å². The lowest BCUT2D eigenvalue weighted by molar-refractivity contribution is -0.150. The van der Waals surface area contributed by atoms with Crippen LogP contribution in [-0.4, -0.2) is 32.2 Å². The van der Waals surface area contributed by atoms with Crippen molar-refractivity contribution >= 4 is 11.9 Å². The van der Waals surface area contributed by atoms with Crippen LogP contribution in [0.15, 0.2) is 42.5 Å². The lowest BCUT2D eigenvalue weighted by Crippen LogP contribution is -2.32. The van der Waals surface area contributed by atoms with E-state index in [-0.39, 0.29) is 19.3 Å². The van der Waals surface area contributed by atoms with Gasteiger partial charge in [0, 0.05) is 5.56 Å². The zero-order valence-electron chi connectivity index (χ0n) is 16.1. The summed E-state index contributed by atoms with van der Waals surface area (Å²) in [5.74, 6) is 0.347. The number of carbonyl (C=O) groups excluding carboxylic acids is 2. The fraction of sp³-hybridized carbons (Fsp3) is 0.333. The van der Waals surface area contributed by atoms with Crippen molar-refractivity contribution in [3.63, 3.8) is 0 Å². The first-order valence-corrected chi connectivity index (χ1v) is 8.69. The van der Waals surface area contributed by atoms with Gasteiger partial charge in [-0.2, -0.15) is 0 Å². The van der Waals surface area contributed by atoms with Crippen molar-refractivity contribution < 1.29 is 23.8 Å². The van der Waals surface area contributed by atoms with Crippen LogP contribution in [0.5, 0.6) is 11.5 Å². The van der Waals surface area contributed by atoms with Gasteiger partial charge in [-0.3, -0.25) is 4.79 Å². The fourth-order valence-corrected chi connectivity index (χ4v) is 2.73. The Morgan fingerprint density at radius 1 is 1.00 bits per heavy atom. The maximum absolute atomic E-state index is 12.0. The molecule has 0 bridgehead atoms. The van der Waals surface area contributed by atoms with Crippen LogP contribution in [0.25, 0.3) is 0 Å². The summed E-state index contributed by atoms with van der Waals surface area (Å²) >= 11 is 0. The molecule has 0 aliphatic heterocycles. The molecule has 1 amide bonds. The number of hydrogen-bond acceptors (Lipinski definition) is 5. The van der Waals surface area contributed by atoms with Crippen molar-refractivity contribution in [1.29, 1.82) is 0 Å². The molecule has 2 aromatic rings. The van der Waals surface area contributed by atoms with E-state index in [0.717, 1.165) is 16.7 Å². The lowest BCUT2D eigenvalue weighted by Gasteiger charge is -2.17. The quantitative estimate of drug-likeness (QED) is 0.722. The monoisotopic (exact) mass is 371 g/mol. The highest BCUT2D eigenvalue weighted by Gasteiger charge is 2.15.